The van der Waals surface area contributed by atoms with Gasteiger partial charge in [0.1, 0.15) is 29.9 Å². The quantitative estimate of drug-likeness (QED) is 0.451. The number of ether oxygens (including phenoxy) is 1. The summed E-state index contributed by atoms with van der Waals surface area (Å²) < 4.78 is 32.4. The molecule has 1 unspecified atom stereocenters. The standard InChI is InChI=1S/C24H24ClF2N5O2/c1-34-22-12-20-17(24(29-14-28-20)30-16-6-7-19(27)18(25)10-16)11-21(22)31-23(33)5-3-9-32-8-2-4-15(26)13-32/h3,5-7,10-12,14-15H,2,4,8-9,13H2,1H3,(H,31,33)(H,28,29,30). The molecule has 34 heavy (non-hydrogen) atoms. The van der Waals surface area contributed by atoms with Crippen LogP contribution in [0.3, 0.4) is 0 Å². The number of hydrogen-bond acceptors (Lipinski definition) is 6. The molecular weight excluding hydrogens is 464 g/mol. The highest BCUT2D eigenvalue weighted by molar-refractivity contribution is 6.31. The Morgan fingerprint density at radius 2 is 2.18 bits per heavy atom. The minimum Gasteiger partial charge on any atom is -0.494 e. The first-order chi connectivity index (χ1) is 16.4. The number of hydrogen-bond donors (Lipinski definition) is 2. The van der Waals surface area contributed by atoms with E-state index in [4.69, 9.17) is 16.3 Å². The Hall–Kier alpha value is -3.30. The number of anilines is 3. The topological polar surface area (TPSA) is 79.4 Å². The van der Waals surface area contributed by atoms with Crippen LogP contribution < -0.4 is 15.4 Å². The van der Waals surface area contributed by atoms with Gasteiger partial charge in [0.2, 0.25) is 5.91 Å². The molecule has 0 aliphatic carbocycles. The van der Waals surface area contributed by atoms with Crippen LogP contribution in [-0.4, -0.2) is 53.7 Å². The molecule has 0 saturated carbocycles. The molecule has 1 atom stereocenters. The first-order valence-electron chi connectivity index (χ1n) is 10.8. The maximum Gasteiger partial charge on any atom is 0.248 e. The lowest BCUT2D eigenvalue weighted by Gasteiger charge is -2.27. The Morgan fingerprint density at radius 3 is 2.94 bits per heavy atom. The maximum atomic E-state index is 13.5. The van der Waals surface area contributed by atoms with Crippen molar-refractivity contribution in [3.05, 3.63) is 59.7 Å². The van der Waals surface area contributed by atoms with Crippen LogP contribution in [0.4, 0.5) is 26.0 Å². The predicted octanol–water partition coefficient (Wildman–Crippen LogP) is 5.10. The van der Waals surface area contributed by atoms with Crippen LogP contribution in [0.2, 0.25) is 5.02 Å². The van der Waals surface area contributed by atoms with Crippen LogP contribution in [0.1, 0.15) is 12.8 Å². The number of likely N-dealkylation sites (tertiary alicyclic amines) is 1. The number of nitrogens with zero attached hydrogens (tertiary/aromatic N) is 3. The van der Waals surface area contributed by atoms with Crippen molar-refractivity contribution in [2.24, 2.45) is 0 Å². The fourth-order valence-electron chi connectivity index (χ4n) is 3.81. The average Bonchev–Trinajstić information content (AvgIpc) is 2.81. The van der Waals surface area contributed by atoms with Crippen molar-refractivity contribution in [3.63, 3.8) is 0 Å². The van der Waals surface area contributed by atoms with E-state index in [-0.39, 0.29) is 10.9 Å². The highest BCUT2D eigenvalue weighted by Crippen LogP contribution is 2.33. The van der Waals surface area contributed by atoms with Gasteiger partial charge in [0.25, 0.3) is 0 Å². The second kappa shape index (κ2) is 10.8. The molecule has 2 heterocycles. The molecule has 3 aromatic rings. The Bertz CT molecular complexity index is 1220. The van der Waals surface area contributed by atoms with Crippen molar-refractivity contribution in [1.29, 1.82) is 0 Å². The van der Waals surface area contributed by atoms with Gasteiger partial charge in [-0.05, 0) is 43.7 Å². The summed E-state index contributed by atoms with van der Waals surface area (Å²) in [6.07, 6.45) is 5.13. The summed E-state index contributed by atoms with van der Waals surface area (Å²) in [5, 5.41) is 6.51. The van der Waals surface area contributed by atoms with E-state index in [1.807, 2.05) is 4.90 Å². The summed E-state index contributed by atoms with van der Waals surface area (Å²) in [7, 11) is 1.50. The van der Waals surface area contributed by atoms with Crippen molar-refractivity contribution < 1.29 is 18.3 Å². The number of methoxy groups -OCH3 is 1. The molecule has 10 heteroatoms. The summed E-state index contributed by atoms with van der Waals surface area (Å²) in [4.78, 5) is 23.0. The first kappa shape index (κ1) is 23.8. The normalized spacial score (nSPS) is 16.6. The number of rotatable bonds is 7. The van der Waals surface area contributed by atoms with E-state index in [1.165, 1.54) is 31.6 Å². The molecule has 1 aliphatic rings. The largest absolute Gasteiger partial charge is 0.494 e. The molecule has 1 aliphatic heterocycles. The van der Waals surface area contributed by atoms with Gasteiger partial charge < -0.3 is 15.4 Å². The molecule has 4 rings (SSSR count). The van der Waals surface area contributed by atoms with Gasteiger partial charge in [-0.1, -0.05) is 17.7 Å². The van der Waals surface area contributed by atoms with Crippen molar-refractivity contribution in [2.75, 3.05) is 37.4 Å². The molecule has 1 saturated heterocycles. The van der Waals surface area contributed by atoms with Crippen LogP contribution in [0.15, 0.2) is 48.8 Å². The number of benzene rings is 2. The van der Waals surface area contributed by atoms with Gasteiger partial charge in [-0.25, -0.2) is 18.7 Å². The molecule has 2 aromatic carbocycles. The van der Waals surface area contributed by atoms with E-state index >= 15 is 0 Å². The van der Waals surface area contributed by atoms with Gasteiger partial charge in [0, 0.05) is 36.3 Å². The van der Waals surface area contributed by atoms with Crippen LogP contribution >= 0.6 is 11.6 Å². The Balaban J connectivity index is 1.53. The minimum absolute atomic E-state index is 0.0173. The third-order valence-electron chi connectivity index (χ3n) is 5.48. The first-order valence-corrected chi connectivity index (χ1v) is 11.2. The number of amides is 1. The van der Waals surface area contributed by atoms with Gasteiger partial charge >= 0.3 is 0 Å². The van der Waals surface area contributed by atoms with E-state index in [2.05, 4.69) is 20.6 Å². The number of fused-ring (bicyclic) bond motifs is 1. The van der Waals surface area contributed by atoms with E-state index in [1.54, 1.807) is 24.3 Å². The minimum atomic E-state index is -0.811. The van der Waals surface area contributed by atoms with Crippen LogP contribution in [0.5, 0.6) is 5.75 Å². The fraction of sp³-hybridized carbons (Fsp3) is 0.292. The summed E-state index contributed by atoms with van der Waals surface area (Å²) in [6, 6.07) is 7.64. The van der Waals surface area contributed by atoms with Gasteiger partial charge in [0.05, 0.1) is 23.3 Å². The zero-order valence-corrected chi connectivity index (χ0v) is 19.3. The van der Waals surface area contributed by atoms with E-state index in [0.29, 0.717) is 53.4 Å². The zero-order valence-electron chi connectivity index (χ0n) is 18.5. The second-order valence-electron chi connectivity index (χ2n) is 7.94. The molecule has 2 N–H and O–H groups in total. The zero-order chi connectivity index (χ0) is 24.1. The third kappa shape index (κ3) is 5.78. The van der Waals surface area contributed by atoms with Crippen molar-refractivity contribution in [2.45, 2.75) is 19.0 Å². The molecule has 7 nitrogen and oxygen atoms in total. The smallest absolute Gasteiger partial charge is 0.248 e. The Labute approximate surface area is 200 Å². The maximum absolute atomic E-state index is 13.5. The van der Waals surface area contributed by atoms with E-state index in [9.17, 15) is 13.6 Å². The number of carbonyl (C=O) groups excluding carboxylic acids is 1. The Kier molecular flexibility index (Phi) is 7.54. The van der Waals surface area contributed by atoms with Crippen LogP contribution in [0, 0.1) is 5.82 Å². The van der Waals surface area contributed by atoms with Crippen LogP contribution in [-0.2, 0) is 4.79 Å². The van der Waals surface area contributed by atoms with Crippen molar-refractivity contribution >= 4 is 45.6 Å². The van der Waals surface area contributed by atoms with Crippen LogP contribution in [0.25, 0.3) is 10.9 Å². The van der Waals surface area contributed by atoms with Crippen molar-refractivity contribution in [1.82, 2.24) is 14.9 Å². The van der Waals surface area contributed by atoms with Crippen molar-refractivity contribution in [3.8, 4) is 5.75 Å². The fourth-order valence-corrected chi connectivity index (χ4v) is 3.99. The van der Waals surface area contributed by atoms with Gasteiger partial charge in [-0.2, -0.15) is 0 Å². The lowest BCUT2D eigenvalue weighted by atomic mass is 10.1. The summed E-state index contributed by atoms with van der Waals surface area (Å²) in [5.74, 6) is 0.0164. The Morgan fingerprint density at radius 1 is 1.32 bits per heavy atom. The number of aromatic nitrogens is 2. The molecule has 0 spiro atoms. The number of piperidine rings is 1. The number of nitrogens with one attached hydrogen (secondary N) is 2. The predicted molar refractivity (Wildman–Crippen MR) is 129 cm³/mol. The second-order valence-corrected chi connectivity index (χ2v) is 8.34. The molecule has 1 fully saturated rings. The lowest BCUT2D eigenvalue weighted by Crippen LogP contribution is -2.36. The molecule has 1 aromatic heterocycles. The average molecular weight is 488 g/mol. The SMILES string of the molecule is COc1cc2ncnc(Nc3ccc(F)c(Cl)c3)c2cc1NC(=O)C=CCN1CCCC(F)C1. The highest BCUT2D eigenvalue weighted by atomic mass is 35.5. The van der Waals surface area contributed by atoms with E-state index in [0.717, 1.165) is 13.0 Å². The molecular formula is C24H24ClF2N5O2. The molecule has 178 valence electrons. The monoisotopic (exact) mass is 487 g/mol. The molecule has 0 radical (unpaired) electrons. The third-order valence-corrected chi connectivity index (χ3v) is 5.77. The number of carbonyl (C=O) groups is 1. The highest BCUT2D eigenvalue weighted by Gasteiger charge is 2.18. The summed E-state index contributed by atoms with van der Waals surface area (Å²) in [5.41, 5.74) is 1.56. The molecule has 0 bridgehead atoms. The van der Waals surface area contributed by atoms with Gasteiger partial charge in [-0.3, -0.25) is 9.69 Å². The molecule has 1 amide bonds. The summed E-state index contributed by atoms with van der Waals surface area (Å²) in [6.45, 7) is 1.71. The van der Waals surface area contributed by atoms with E-state index < -0.39 is 12.0 Å². The number of alkyl halides is 1. The van der Waals surface area contributed by atoms with Gasteiger partial charge in [-0.15, -0.1) is 0 Å². The number of halogens is 3. The lowest BCUT2D eigenvalue weighted by molar-refractivity contribution is -0.111. The van der Waals surface area contributed by atoms with Gasteiger partial charge in [0.15, 0.2) is 0 Å². The summed E-state index contributed by atoms with van der Waals surface area (Å²) >= 11 is 5.88.